The van der Waals surface area contributed by atoms with Gasteiger partial charge in [0.05, 0.1) is 11.4 Å². The zero-order valence-corrected chi connectivity index (χ0v) is 10.5. The van der Waals surface area contributed by atoms with Crippen molar-refractivity contribution >= 4 is 23.1 Å². The molecule has 0 bridgehead atoms. The number of fused-ring (bicyclic) bond motifs is 1. The molecule has 2 rings (SSSR count). The highest BCUT2D eigenvalue weighted by atomic mass is 32.1. The van der Waals surface area contributed by atoms with E-state index in [1.807, 2.05) is 4.90 Å². The van der Waals surface area contributed by atoms with E-state index in [1.165, 1.54) is 32.1 Å². The Kier molecular flexibility index (Phi) is 3.79. The molecule has 0 radical (unpaired) electrons. The van der Waals surface area contributed by atoms with Crippen LogP contribution < -0.4 is 5.73 Å². The molecule has 0 aromatic heterocycles. The second kappa shape index (κ2) is 5.13. The molecule has 2 atom stereocenters. The van der Waals surface area contributed by atoms with E-state index in [4.69, 9.17) is 18.0 Å². The first-order chi connectivity index (χ1) is 7.68. The molecule has 1 saturated heterocycles. The number of hydrogen-bond acceptors (Lipinski definition) is 2. The third kappa shape index (κ3) is 2.54. The fourth-order valence-electron chi connectivity index (χ4n) is 3.19. The minimum atomic E-state index is 0.143. The van der Waals surface area contributed by atoms with Gasteiger partial charge in [0.25, 0.3) is 0 Å². The van der Waals surface area contributed by atoms with Gasteiger partial charge < -0.3 is 10.6 Å². The van der Waals surface area contributed by atoms with Crippen molar-refractivity contribution < 1.29 is 4.79 Å². The van der Waals surface area contributed by atoms with Gasteiger partial charge in [-0.05, 0) is 31.6 Å². The Morgan fingerprint density at radius 2 is 1.94 bits per heavy atom. The Bertz CT molecular complexity index is 291. The molecule has 4 heteroatoms. The van der Waals surface area contributed by atoms with Crippen molar-refractivity contribution in [3.8, 4) is 0 Å². The van der Waals surface area contributed by atoms with Crippen LogP contribution in [0.4, 0.5) is 0 Å². The summed E-state index contributed by atoms with van der Waals surface area (Å²) in [5, 5.41) is 0. The number of nitrogens with two attached hydrogens (primary N) is 1. The van der Waals surface area contributed by atoms with Crippen LogP contribution in [0.1, 0.15) is 44.9 Å². The molecular formula is C12H20N2OS. The normalized spacial score (nSPS) is 29.6. The number of carbonyl (C=O) groups is 1. The van der Waals surface area contributed by atoms with Crippen LogP contribution in [-0.4, -0.2) is 28.4 Å². The number of rotatable bonds is 2. The molecule has 1 aliphatic heterocycles. The van der Waals surface area contributed by atoms with Crippen LogP contribution in [0, 0.1) is 5.92 Å². The number of thiocarbonyl (C=S) groups is 1. The van der Waals surface area contributed by atoms with Crippen molar-refractivity contribution in [1.29, 1.82) is 0 Å². The van der Waals surface area contributed by atoms with E-state index in [9.17, 15) is 4.79 Å². The van der Waals surface area contributed by atoms with Gasteiger partial charge in [0.15, 0.2) is 0 Å². The summed E-state index contributed by atoms with van der Waals surface area (Å²) >= 11 is 4.82. The predicted molar refractivity (Wildman–Crippen MR) is 68.1 cm³/mol. The summed E-state index contributed by atoms with van der Waals surface area (Å²) in [6, 6.07) is 0.476. The second-order valence-electron chi connectivity index (χ2n) is 4.98. The highest BCUT2D eigenvalue weighted by Gasteiger charge is 2.35. The smallest absolute Gasteiger partial charge is 0.229 e. The third-order valence-electron chi connectivity index (χ3n) is 3.89. The fourth-order valence-corrected chi connectivity index (χ4v) is 3.31. The zero-order chi connectivity index (χ0) is 11.5. The molecule has 90 valence electrons. The first kappa shape index (κ1) is 11.8. The number of amides is 1. The lowest BCUT2D eigenvalue weighted by Gasteiger charge is -2.44. The lowest BCUT2D eigenvalue weighted by atomic mass is 9.78. The van der Waals surface area contributed by atoms with Crippen molar-refractivity contribution in [3.05, 3.63) is 0 Å². The van der Waals surface area contributed by atoms with Gasteiger partial charge in [-0.25, -0.2) is 0 Å². The van der Waals surface area contributed by atoms with Gasteiger partial charge in [0.1, 0.15) is 0 Å². The number of piperidine rings is 1. The zero-order valence-electron chi connectivity index (χ0n) is 9.65. The maximum Gasteiger partial charge on any atom is 0.229 e. The predicted octanol–water partition coefficient (Wildman–Crippen LogP) is 1.84. The molecule has 0 aromatic carbocycles. The lowest BCUT2D eigenvalue weighted by Crippen LogP contribution is -2.50. The van der Waals surface area contributed by atoms with E-state index >= 15 is 0 Å². The summed E-state index contributed by atoms with van der Waals surface area (Å²) in [4.78, 5) is 14.4. The highest BCUT2D eigenvalue weighted by molar-refractivity contribution is 7.80. The van der Waals surface area contributed by atoms with Crippen molar-refractivity contribution in [3.63, 3.8) is 0 Å². The Morgan fingerprint density at radius 3 is 2.69 bits per heavy atom. The van der Waals surface area contributed by atoms with Crippen molar-refractivity contribution in [2.24, 2.45) is 11.7 Å². The van der Waals surface area contributed by atoms with Crippen LogP contribution in [0.3, 0.4) is 0 Å². The van der Waals surface area contributed by atoms with E-state index in [0.29, 0.717) is 11.0 Å². The minimum absolute atomic E-state index is 0.143. The van der Waals surface area contributed by atoms with Crippen LogP contribution >= 0.6 is 12.2 Å². The number of likely N-dealkylation sites (tertiary alicyclic amines) is 1. The largest absolute Gasteiger partial charge is 0.393 e. The van der Waals surface area contributed by atoms with E-state index in [-0.39, 0.29) is 12.3 Å². The second-order valence-corrected chi connectivity index (χ2v) is 5.51. The van der Waals surface area contributed by atoms with Crippen LogP contribution in [0.15, 0.2) is 0 Å². The first-order valence-electron chi connectivity index (χ1n) is 6.26. The Balaban J connectivity index is 2.01. The van der Waals surface area contributed by atoms with Gasteiger partial charge in [0.2, 0.25) is 5.91 Å². The summed E-state index contributed by atoms with van der Waals surface area (Å²) in [6.45, 7) is 0.905. The van der Waals surface area contributed by atoms with Gasteiger partial charge in [-0.2, -0.15) is 0 Å². The summed E-state index contributed by atoms with van der Waals surface area (Å²) in [5.74, 6) is 0.877. The Morgan fingerprint density at radius 1 is 1.25 bits per heavy atom. The SMILES string of the molecule is NC(=S)CC(=O)N1CCC[C@H]2CCCC[C@H]21. The monoisotopic (exact) mass is 240 g/mol. The molecule has 1 aliphatic carbocycles. The summed E-state index contributed by atoms with van der Waals surface area (Å²) < 4.78 is 0. The molecule has 2 N–H and O–H groups in total. The van der Waals surface area contributed by atoms with Crippen molar-refractivity contribution in [2.75, 3.05) is 6.54 Å². The fraction of sp³-hybridized carbons (Fsp3) is 0.833. The summed E-state index contributed by atoms with van der Waals surface area (Å²) in [6.07, 6.45) is 7.75. The van der Waals surface area contributed by atoms with Crippen molar-refractivity contribution in [2.45, 2.75) is 51.0 Å². The average Bonchev–Trinajstić information content (AvgIpc) is 2.27. The van der Waals surface area contributed by atoms with E-state index in [0.717, 1.165) is 18.9 Å². The third-order valence-corrected chi connectivity index (χ3v) is 4.03. The Labute approximate surface area is 102 Å². The molecule has 2 aliphatic rings. The van der Waals surface area contributed by atoms with Gasteiger partial charge in [-0.3, -0.25) is 4.79 Å². The number of hydrogen-bond donors (Lipinski definition) is 1. The number of nitrogens with zero attached hydrogens (tertiary/aromatic N) is 1. The van der Waals surface area contributed by atoms with E-state index in [2.05, 4.69) is 0 Å². The molecule has 1 saturated carbocycles. The Hall–Kier alpha value is -0.640. The van der Waals surface area contributed by atoms with Crippen LogP contribution in [-0.2, 0) is 4.79 Å². The standard InChI is InChI=1S/C12H20N2OS/c13-11(16)8-12(15)14-7-3-5-9-4-1-2-6-10(9)14/h9-10H,1-8H2,(H2,13,16)/t9-,10-/m1/s1. The van der Waals surface area contributed by atoms with E-state index < -0.39 is 0 Å². The van der Waals surface area contributed by atoms with Gasteiger partial charge in [0, 0.05) is 12.6 Å². The molecule has 2 fully saturated rings. The van der Waals surface area contributed by atoms with Crippen LogP contribution in [0.5, 0.6) is 0 Å². The quantitative estimate of drug-likeness (QED) is 0.749. The molecule has 0 unspecified atom stereocenters. The number of carbonyl (C=O) groups excluding carboxylic acids is 1. The van der Waals surface area contributed by atoms with Gasteiger partial charge in [-0.15, -0.1) is 0 Å². The molecule has 0 aromatic rings. The maximum absolute atomic E-state index is 12.0. The van der Waals surface area contributed by atoms with Crippen LogP contribution in [0.2, 0.25) is 0 Å². The molecule has 1 heterocycles. The van der Waals surface area contributed by atoms with Crippen molar-refractivity contribution in [1.82, 2.24) is 4.90 Å². The van der Waals surface area contributed by atoms with Gasteiger partial charge in [-0.1, -0.05) is 25.1 Å². The first-order valence-corrected chi connectivity index (χ1v) is 6.67. The molecule has 3 nitrogen and oxygen atoms in total. The van der Waals surface area contributed by atoms with Crippen LogP contribution in [0.25, 0.3) is 0 Å². The highest BCUT2D eigenvalue weighted by Crippen LogP contribution is 2.35. The summed E-state index contributed by atoms with van der Waals surface area (Å²) in [7, 11) is 0. The topological polar surface area (TPSA) is 46.3 Å². The molecule has 1 amide bonds. The van der Waals surface area contributed by atoms with E-state index in [1.54, 1.807) is 0 Å². The van der Waals surface area contributed by atoms with Gasteiger partial charge >= 0.3 is 0 Å². The molecule has 16 heavy (non-hydrogen) atoms. The molecule has 0 spiro atoms. The average molecular weight is 240 g/mol. The summed E-state index contributed by atoms with van der Waals surface area (Å²) in [5.41, 5.74) is 5.45. The lowest BCUT2D eigenvalue weighted by molar-refractivity contribution is -0.136. The maximum atomic E-state index is 12.0. The molecular weight excluding hydrogens is 220 g/mol. The minimum Gasteiger partial charge on any atom is -0.393 e.